The number of aromatic nitrogens is 2. The number of aliphatic hydroxyl groups excluding tert-OH is 1. The van der Waals surface area contributed by atoms with Gasteiger partial charge in [-0.1, -0.05) is 0 Å². The molecule has 0 saturated heterocycles. The van der Waals surface area contributed by atoms with Gasteiger partial charge in [0.2, 0.25) is 12.2 Å². The van der Waals surface area contributed by atoms with Crippen molar-refractivity contribution >= 4 is 11.7 Å². The maximum absolute atomic E-state index is 11.4. The summed E-state index contributed by atoms with van der Waals surface area (Å²) in [4.78, 5) is 24.8. The minimum atomic E-state index is -0.747. The van der Waals surface area contributed by atoms with E-state index in [2.05, 4.69) is 10.3 Å². The molecule has 1 amide bonds. The van der Waals surface area contributed by atoms with Gasteiger partial charge in [-0.25, -0.2) is 0 Å². The smallest absolute Gasteiger partial charge is 0.381 e. The number of ether oxygens (including phenoxy) is 1. The highest BCUT2D eigenvalue weighted by Gasteiger charge is 2.11. The lowest BCUT2D eigenvalue weighted by molar-refractivity contribution is -0.389. The predicted molar refractivity (Wildman–Crippen MR) is 64.4 cm³/mol. The lowest BCUT2D eigenvalue weighted by atomic mass is 10.3. The summed E-state index contributed by atoms with van der Waals surface area (Å²) in [6.07, 6.45) is 1.95. The number of nitrogens with zero attached hydrogens (tertiary/aromatic N) is 3. The fourth-order valence-electron chi connectivity index (χ4n) is 1.37. The molecule has 2 N–H and O–H groups in total. The quantitative estimate of drug-likeness (QED) is 0.477. The Morgan fingerprint density at radius 3 is 3.05 bits per heavy atom. The number of imidazole rings is 1. The predicted octanol–water partition coefficient (Wildman–Crippen LogP) is -0.695. The molecule has 0 fully saturated rings. The topological polar surface area (TPSA) is 120 Å². The molecule has 0 saturated carbocycles. The van der Waals surface area contributed by atoms with Crippen molar-refractivity contribution in [2.75, 3.05) is 20.3 Å². The van der Waals surface area contributed by atoms with E-state index in [1.807, 2.05) is 0 Å². The Hall–Kier alpha value is -2.00. The largest absolute Gasteiger partial charge is 0.389 e. The van der Waals surface area contributed by atoms with Gasteiger partial charge in [-0.05, 0) is 9.91 Å². The number of aliphatic hydroxyl groups is 1. The molecule has 9 heteroatoms. The number of hydrogen-bond donors (Lipinski definition) is 2. The first-order valence-electron chi connectivity index (χ1n) is 5.62. The van der Waals surface area contributed by atoms with E-state index in [9.17, 15) is 20.0 Å². The zero-order chi connectivity index (χ0) is 14.3. The van der Waals surface area contributed by atoms with E-state index in [0.717, 1.165) is 0 Å². The summed E-state index contributed by atoms with van der Waals surface area (Å²) < 4.78 is 6.17. The number of nitro groups is 1. The molecule has 0 aliphatic rings. The van der Waals surface area contributed by atoms with E-state index in [1.54, 1.807) is 0 Å². The summed E-state index contributed by atoms with van der Waals surface area (Å²) in [5.41, 5.74) is 0. The van der Waals surface area contributed by atoms with Crippen LogP contribution in [-0.4, -0.2) is 51.9 Å². The van der Waals surface area contributed by atoms with Crippen LogP contribution in [0.25, 0.3) is 0 Å². The maximum Gasteiger partial charge on any atom is 0.381 e. The monoisotopic (exact) mass is 272 g/mol. The van der Waals surface area contributed by atoms with Gasteiger partial charge in [0.15, 0.2) is 0 Å². The highest BCUT2D eigenvalue weighted by Crippen LogP contribution is 2.05. The second-order valence-electron chi connectivity index (χ2n) is 3.89. The Morgan fingerprint density at radius 1 is 1.74 bits per heavy atom. The van der Waals surface area contributed by atoms with Crippen LogP contribution in [0.4, 0.5) is 5.82 Å². The molecule has 1 atom stereocenters. The number of methoxy groups -OCH3 is 1. The number of carbonyl (C=O) groups excluding carboxylic acids is 1. The van der Waals surface area contributed by atoms with E-state index in [-0.39, 0.29) is 37.8 Å². The standard InChI is InChI=1S/C10H16N4O5/c1-19-6-8(15)4-11-10(16)2-3-13-5-9(12-7-13)14(17)18/h5,7-8,15H,2-4,6H2,1H3,(H,11,16). The van der Waals surface area contributed by atoms with Crippen LogP contribution in [0.5, 0.6) is 0 Å². The van der Waals surface area contributed by atoms with E-state index in [4.69, 9.17) is 4.74 Å². The lowest BCUT2D eigenvalue weighted by Gasteiger charge is -2.10. The fourth-order valence-corrected chi connectivity index (χ4v) is 1.37. The van der Waals surface area contributed by atoms with Crippen LogP contribution in [-0.2, 0) is 16.1 Å². The van der Waals surface area contributed by atoms with Crippen molar-refractivity contribution in [2.45, 2.75) is 19.1 Å². The van der Waals surface area contributed by atoms with E-state index in [1.165, 1.54) is 24.2 Å². The summed E-state index contributed by atoms with van der Waals surface area (Å²) in [5.74, 6) is -0.512. The average Bonchev–Trinajstić information content (AvgIpc) is 2.83. The van der Waals surface area contributed by atoms with E-state index >= 15 is 0 Å². The van der Waals surface area contributed by atoms with E-state index in [0.29, 0.717) is 0 Å². The minimum absolute atomic E-state index is 0.108. The molecule has 0 radical (unpaired) electrons. The summed E-state index contributed by atoms with van der Waals surface area (Å²) in [7, 11) is 1.46. The Labute approximate surface area is 109 Å². The molecule has 1 aromatic heterocycles. The van der Waals surface area contributed by atoms with Crippen LogP contribution >= 0.6 is 0 Å². The summed E-state index contributed by atoms with van der Waals surface area (Å²) in [6.45, 7) is 0.539. The van der Waals surface area contributed by atoms with Crippen molar-refractivity contribution in [1.29, 1.82) is 0 Å². The number of nitrogens with one attached hydrogen (secondary N) is 1. The van der Waals surface area contributed by atoms with Gasteiger partial charge in [-0.2, -0.15) is 0 Å². The van der Waals surface area contributed by atoms with Crippen LogP contribution in [0.3, 0.4) is 0 Å². The van der Waals surface area contributed by atoms with Crippen LogP contribution in [0, 0.1) is 10.1 Å². The molecule has 0 aromatic carbocycles. The Morgan fingerprint density at radius 2 is 2.47 bits per heavy atom. The Kier molecular flexibility index (Phi) is 5.90. The molecule has 1 unspecified atom stereocenters. The van der Waals surface area contributed by atoms with Crippen molar-refractivity contribution in [2.24, 2.45) is 0 Å². The van der Waals surface area contributed by atoms with Crippen molar-refractivity contribution < 1.29 is 19.6 Å². The first-order valence-corrected chi connectivity index (χ1v) is 5.62. The maximum atomic E-state index is 11.4. The highest BCUT2D eigenvalue weighted by molar-refractivity contribution is 5.75. The van der Waals surface area contributed by atoms with Crippen molar-refractivity contribution in [1.82, 2.24) is 14.9 Å². The first-order chi connectivity index (χ1) is 9.02. The first kappa shape index (κ1) is 15.1. The SMILES string of the molecule is COCC(O)CNC(=O)CCn1cnc([N+](=O)[O-])c1. The van der Waals surface area contributed by atoms with Crippen LogP contribution in [0.1, 0.15) is 6.42 Å². The van der Waals surface area contributed by atoms with Crippen LogP contribution < -0.4 is 5.32 Å². The van der Waals surface area contributed by atoms with Gasteiger partial charge in [0.1, 0.15) is 6.20 Å². The second-order valence-corrected chi connectivity index (χ2v) is 3.89. The van der Waals surface area contributed by atoms with Crippen LogP contribution in [0.2, 0.25) is 0 Å². The molecule has 0 spiro atoms. The summed E-state index contributed by atoms with van der Waals surface area (Å²) >= 11 is 0. The van der Waals surface area contributed by atoms with Crippen molar-refractivity contribution in [3.8, 4) is 0 Å². The normalized spacial score (nSPS) is 12.1. The molecule has 106 valence electrons. The summed E-state index contributed by atoms with van der Waals surface area (Å²) in [6, 6.07) is 0. The molecule has 0 aliphatic carbocycles. The third kappa shape index (κ3) is 5.44. The molecule has 1 aromatic rings. The van der Waals surface area contributed by atoms with Crippen molar-refractivity contribution in [3.63, 3.8) is 0 Å². The molecule has 9 nitrogen and oxygen atoms in total. The number of hydrogen-bond acceptors (Lipinski definition) is 6. The Bertz CT molecular complexity index is 433. The van der Waals surface area contributed by atoms with Crippen LogP contribution in [0.15, 0.2) is 12.5 Å². The molecular weight excluding hydrogens is 256 g/mol. The number of carbonyl (C=O) groups is 1. The fraction of sp³-hybridized carbons (Fsp3) is 0.600. The third-order valence-corrected chi connectivity index (χ3v) is 2.30. The molecule has 0 aliphatic heterocycles. The number of rotatable bonds is 8. The molecule has 1 rings (SSSR count). The van der Waals surface area contributed by atoms with E-state index < -0.39 is 11.0 Å². The molecule has 19 heavy (non-hydrogen) atoms. The van der Waals surface area contributed by atoms with Gasteiger partial charge >= 0.3 is 5.82 Å². The number of amides is 1. The molecule has 1 heterocycles. The second kappa shape index (κ2) is 7.44. The van der Waals surface area contributed by atoms with Gasteiger partial charge in [-0.3, -0.25) is 4.79 Å². The Balaban J connectivity index is 2.27. The van der Waals surface area contributed by atoms with Crippen molar-refractivity contribution in [3.05, 3.63) is 22.6 Å². The minimum Gasteiger partial charge on any atom is -0.389 e. The molecule has 0 bridgehead atoms. The van der Waals surface area contributed by atoms with Gasteiger partial charge in [0.05, 0.1) is 12.7 Å². The lowest BCUT2D eigenvalue weighted by Crippen LogP contribution is -2.34. The third-order valence-electron chi connectivity index (χ3n) is 2.30. The average molecular weight is 272 g/mol. The number of aryl methyl sites for hydroxylation is 1. The molecular formula is C10H16N4O5. The summed E-state index contributed by atoms with van der Waals surface area (Å²) in [5, 5.41) is 22.3. The van der Waals surface area contributed by atoms with Gasteiger partial charge in [-0.15, -0.1) is 0 Å². The van der Waals surface area contributed by atoms with Gasteiger partial charge in [0.25, 0.3) is 0 Å². The van der Waals surface area contributed by atoms with Gasteiger partial charge < -0.3 is 29.8 Å². The zero-order valence-electron chi connectivity index (χ0n) is 10.5. The van der Waals surface area contributed by atoms with Gasteiger partial charge in [0, 0.05) is 26.6 Å². The highest BCUT2D eigenvalue weighted by atomic mass is 16.6. The zero-order valence-corrected chi connectivity index (χ0v) is 10.5.